The molecule has 0 radical (unpaired) electrons. The predicted octanol–water partition coefficient (Wildman–Crippen LogP) is 3.87. The van der Waals surface area contributed by atoms with E-state index in [1.807, 2.05) is 6.92 Å². The minimum Gasteiger partial charge on any atom is -0.431 e. The third-order valence-electron chi connectivity index (χ3n) is 5.98. The fraction of sp³-hybridized carbons (Fsp3) is 0.650. The zero-order chi connectivity index (χ0) is 16.0. The van der Waals surface area contributed by atoms with Crippen molar-refractivity contribution < 1.29 is 14.3 Å². The van der Waals surface area contributed by atoms with Gasteiger partial charge in [-0.1, -0.05) is 24.3 Å². The van der Waals surface area contributed by atoms with Gasteiger partial charge < -0.3 is 9.47 Å². The Labute approximate surface area is 138 Å². The van der Waals surface area contributed by atoms with Gasteiger partial charge in [-0.05, 0) is 62.4 Å². The van der Waals surface area contributed by atoms with E-state index in [0.717, 1.165) is 37.2 Å². The van der Waals surface area contributed by atoms with Crippen molar-refractivity contribution in [2.24, 2.45) is 35.5 Å². The molecule has 2 fully saturated rings. The first kappa shape index (κ1) is 15.2. The first-order valence-electron chi connectivity index (χ1n) is 8.94. The number of carbonyl (C=O) groups excluding carboxylic acids is 1. The van der Waals surface area contributed by atoms with Crippen LogP contribution in [0.3, 0.4) is 0 Å². The van der Waals surface area contributed by atoms with Crippen molar-refractivity contribution in [2.75, 3.05) is 13.2 Å². The SMILES string of the molecule is C=C(C)COCC1CC2C=C(OC(=O)C3CC4C=CC3C4)C1C2. The Morgan fingerprint density at radius 1 is 1.22 bits per heavy atom. The lowest BCUT2D eigenvalue weighted by Crippen LogP contribution is -2.25. The van der Waals surface area contributed by atoms with Gasteiger partial charge in [0.1, 0.15) is 5.76 Å². The lowest BCUT2D eigenvalue weighted by molar-refractivity contribution is -0.146. The van der Waals surface area contributed by atoms with E-state index in [9.17, 15) is 4.79 Å². The van der Waals surface area contributed by atoms with Crippen LogP contribution in [-0.2, 0) is 14.3 Å². The molecule has 2 saturated carbocycles. The average Bonchev–Trinajstić information content (AvgIpc) is 3.26. The number of hydrogen-bond donors (Lipinski definition) is 0. The summed E-state index contributed by atoms with van der Waals surface area (Å²) >= 11 is 0. The maximum absolute atomic E-state index is 12.5. The van der Waals surface area contributed by atoms with E-state index in [-0.39, 0.29) is 11.9 Å². The molecule has 0 aromatic heterocycles. The van der Waals surface area contributed by atoms with Gasteiger partial charge in [-0.3, -0.25) is 4.79 Å². The van der Waals surface area contributed by atoms with Gasteiger partial charge in [0.2, 0.25) is 0 Å². The molecule has 6 unspecified atom stereocenters. The van der Waals surface area contributed by atoms with Gasteiger partial charge in [0, 0.05) is 5.92 Å². The molecule has 3 nitrogen and oxygen atoms in total. The lowest BCUT2D eigenvalue weighted by Gasteiger charge is -2.25. The first-order chi connectivity index (χ1) is 11.1. The predicted molar refractivity (Wildman–Crippen MR) is 88.4 cm³/mol. The highest BCUT2D eigenvalue weighted by Gasteiger charge is 2.45. The van der Waals surface area contributed by atoms with Crippen LogP contribution >= 0.6 is 0 Å². The van der Waals surface area contributed by atoms with Gasteiger partial charge >= 0.3 is 5.97 Å². The van der Waals surface area contributed by atoms with Crippen LogP contribution in [0.5, 0.6) is 0 Å². The topological polar surface area (TPSA) is 35.5 Å². The number of hydrogen-bond acceptors (Lipinski definition) is 3. The molecular weight excluding hydrogens is 288 g/mol. The number of rotatable bonds is 6. The van der Waals surface area contributed by atoms with Crippen LogP contribution in [0.4, 0.5) is 0 Å². The number of ether oxygens (including phenoxy) is 2. The third kappa shape index (κ3) is 2.91. The summed E-state index contributed by atoms with van der Waals surface area (Å²) in [5.41, 5.74) is 1.06. The molecular formula is C20H26O3. The van der Waals surface area contributed by atoms with Crippen molar-refractivity contribution in [3.8, 4) is 0 Å². The molecule has 6 atom stereocenters. The van der Waals surface area contributed by atoms with Crippen molar-refractivity contribution in [3.63, 3.8) is 0 Å². The largest absolute Gasteiger partial charge is 0.431 e. The first-order valence-corrected chi connectivity index (χ1v) is 8.94. The van der Waals surface area contributed by atoms with E-state index >= 15 is 0 Å². The highest BCUT2D eigenvalue weighted by atomic mass is 16.5. The maximum atomic E-state index is 12.5. The summed E-state index contributed by atoms with van der Waals surface area (Å²) in [6.07, 6.45) is 11.1. The summed E-state index contributed by atoms with van der Waals surface area (Å²) in [6.45, 7) is 7.24. The Balaban J connectivity index is 1.33. The van der Waals surface area contributed by atoms with Crippen LogP contribution in [0.1, 0.15) is 32.6 Å². The standard InChI is InChI=1S/C20H26O3/c1-12(2)10-22-11-16-6-14-8-17(16)19(9-14)23-20(21)18-7-13-3-4-15(18)5-13/h3-4,9,13-18H,1,5-8,10-11H2,2H3. The van der Waals surface area contributed by atoms with Gasteiger partial charge in [0.05, 0.1) is 19.1 Å². The lowest BCUT2D eigenvalue weighted by atomic mass is 9.91. The third-order valence-corrected chi connectivity index (χ3v) is 5.98. The molecule has 0 spiro atoms. The highest BCUT2D eigenvalue weighted by Crippen LogP contribution is 2.49. The Kier molecular flexibility index (Phi) is 3.92. The fourth-order valence-electron chi connectivity index (χ4n) is 4.93. The molecule has 0 heterocycles. The van der Waals surface area contributed by atoms with Crippen LogP contribution in [0, 0.1) is 35.5 Å². The number of allylic oxidation sites excluding steroid dienone is 4. The minimum absolute atomic E-state index is 0.00209. The molecule has 4 aliphatic carbocycles. The summed E-state index contributed by atoms with van der Waals surface area (Å²) in [6, 6.07) is 0. The molecule has 0 aliphatic heterocycles. The van der Waals surface area contributed by atoms with E-state index in [1.165, 1.54) is 6.42 Å². The molecule has 4 aliphatic rings. The van der Waals surface area contributed by atoms with Crippen molar-refractivity contribution in [2.45, 2.75) is 32.6 Å². The molecule has 0 aromatic rings. The second-order valence-electron chi connectivity index (χ2n) is 7.95. The van der Waals surface area contributed by atoms with Crippen LogP contribution in [0.25, 0.3) is 0 Å². The molecule has 23 heavy (non-hydrogen) atoms. The van der Waals surface area contributed by atoms with Crippen LogP contribution in [-0.4, -0.2) is 19.2 Å². The second kappa shape index (κ2) is 5.94. The van der Waals surface area contributed by atoms with Crippen LogP contribution in [0.2, 0.25) is 0 Å². The molecule has 3 heteroatoms. The molecule has 0 amide bonds. The second-order valence-corrected chi connectivity index (χ2v) is 7.95. The molecule has 0 N–H and O–H groups in total. The summed E-state index contributed by atoms with van der Waals surface area (Å²) in [7, 11) is 0. The summed E-state index contributed by atoms with van der Waals surface area (Å²) in [5, 5.41) is 0. The number of carbonyl (C=O) groups is 1. The fourth-order valence-corrected chi connectivity index (χ4v) is 4.93. The quantitative estimate of drug-likeness (QED) is 0.551. The molecule has 4 bridgehead atoms. The molecule has 4 rings (SSSR count). The van der Waals surface area contributed by atoms with E-state index < -0.39 is 0 Å². The molecule has 124 valence electrons. The van der Waals surface area contributed by atoms with E-state index in [2.05, 4.69) is 24.8 Å². The zero-order valence-electron chi connectivity index (χ0n) is 13.9. The van der Waals surface area contributed by atoms with E-state index in [4.69, 9.17) is 9.47 Å². The zero-order valence-corrected chi connectivity index (χ0v) is 13.9. The Hall–Kier alpha value is -1.35. The normalized spacial score (nSPS) is 39.8. The number of esters is 1. The van der Waals surface area contributed by atoms with Crippen molar-refractivity contribution >= 4 is 5.97 Å². The van der Waals surface area contributed by atoms with E-state index in [0.29, 0.717) is 36.2 Å². The highest BCUT2D eigenvalue weighted by molar-refractivity contribution is 5.75. The van der Waals surface area contributed by atoms with Crippen LogP contribution < -0.4 is 0 Å². The van der Waals surface area contributed by atoms with Crippen LogP contribution in [0.15, 0.2) is 36.1 Å². The average molecular weight is 314 g/mol. The van der Waals surface area contributed by atoms with Gasteiger partial charge in [-0.2, -0.15) is 0 Å². The van der Waals surface area contributed by atoms with Crippen molar-refractivity contribution in [1.82, 2.24) is 0 Å². The van der Waals surface area contributed by atoms with Crippen molar-refractivity contribution in [1.29, 1.82) is 0 Å². The summed E-state index contributed by atoms with van der Waals surface area (Å²) in [4.78, 5) is 12.5. The van der Waals surface area contributed by atoms with Gasteiger partial charge in [0.15, 0.2) is 0 Å². The number of fused-ring (bicyclic) bond motifs is 4. The van der Waals surface area contributed by atoms with E-state index in [1.54, 1.807) is 0 Å². The van der Waals surface area contributed by atoms with Gasteiger partial charge in [-0.25, -0.2) is 0 Å². The van der Waals surface area contributed by atoms with Crippen molar-refractivity contribution in [3.05, 3.63) is 36.1 Å². The molecule has 0 aromatic carbocycles. The summed E-state index contributed by atoms with van der Waals surface area (Å²) < 4.78 is 11.6. The Morgan fingerprint density at radius 3 is 2.74 bits per heavy atom. The molecule has 0 saturated heterocycles. The Bertz CT molecular complexity index is 573. The summed E-state index contributed by atoms with van der Waals surface area (Å²) in [5.74, 6) is 3.49. The monoisotopic (exact) mass is 314 g/mol. The maximum Gasteiger partial charge on any atom is 0.314 e. The Morgan fingerprint density at radius 2 is 2.09 bits per heavy atom. The smallest absolute Gasteiger partial charge is 0.314 e. The van der Waals surface area contributed by atoms with Gasteiger partial charge in [0.25, 0.3) is 0 Å². The minimum atomic E-state index is 0.00209. The van der Waals surface area contributed by atoms with Gasteiger partial charge in [-0.15, -0.1) is 0 Å².